The van der Waals surface area contributed by atoms with Gasteiger partial charge >= 0.3 is 12.0 Å². The lowest BCUT2D eigenvalue weighted by Gasteiger charge is -2.24. The molecule has 2 N–H and O–H groups in total. The minimum Gasteiger partial charge on any atom is -0.496 e. The number of nitrogens with zero attached hydrogens (tertiary/aromatic N) is 2. The molecule has 0 aliphatic carbocycles. The molecule has 1 aromatic carbocycles. The fourth-order valence-electron chi connectivity index (χ4n) is 3.23. The SMILES string of the molecule is CCOC(=O)CNC(=O)N(CCCCCCNc1ccccn1)Cc1ccccc1OC. The number of rotatable bonds is 14. The molecule has 0 bridgehead atoms. The molecule has 0 radical (unpaired) electrons. The molecule has 2 rings (SSSR count). The molecule has 0 spiro atoms. The monoisotopic (exact) mass is 442 g/mol. The van der Waals surface area contributed by atoms with Crippen LogP contribution in [0.15, 0.2) is 48.7 Å². The second kappa shape index (κ2) is 14.7. The molecule has 2 aromatic rings. The number of hydrogen-bond acceptors (Lipinski definition) is 6. The van der Waals surface area contributed by atoms with Gasteiger partial charge in [-0.1, -0.05) is 37.1 Å². The van der Waals surface area contributed by atoms with Gasteiger partial charge in [-0.15, -0.1) is 0 Å². The summed E-state index contributed by atoms with van der Waals surface area (Å²) in [5.41, 5.74) is 0.917. The van der Waals surface area contributed by atoms with E-state index in [1.54, 1.807) is 25.1 Å². The van der Waals surface area contributed by atoms with Crippen molar-refractivity contribution >= 4 is 17.8 Å². The smallest absolute Gasteiger partial charge is 0.325 e. The summed E-state index contributed by atoms with van der Waals surface area (Å²) in [5, 5.41) is 5.96. The molecule has 32 heavy (non-hydrogen) atoms. The molecule has 0 saturated heterocycles. The summed E-state index contributed by atoms with van der Waals surface area (Å²) in [4.78, 5) is 30.3. The van der Waals surface area contributed by atoms with Crippen LogP contribution in [-0.2, 0) is 16.1 Å². The number of esters is 1. The average Bonchev–Trinajstić information content (AvgIpc) is 2.82. The van der Waals surface area contributed by atoms with Crippen molar-refractivity contribution in [3.8, 4) is 5.75 Å². The number of pyridine rings is 1. The Morgan fingerprint density at radius 1 is 1.03 bits per heavy atom. The highest BCUT2D eigenvalue weighted by atomic mass is 16.5. The first kappa shape index (κ1) is 25.0. The van der Waals surface area contributed by atoms with Gasteiger partial charge in [0, 0.05) is 24.8 Å². The van der Waals surface area contributed by atoms with Crippen molar-refractivity contribution in [2.45, 2.75) is 39.2 Å². The second-order valence-electron chi connectivity index (χ2n) is 7.25. The van der Waals surface area contributed by atoms with Crippen molar-refractivity contribution < 1.29 is 19.1 Å². The summed E-state index contributed by atoms with van der Waals surface area (Å²) < 4.78 is 10.3. The molecule has 8 nitrogen and oxygen atoms in total. The number of hydrogen-bond donors (Lipinski definition) is 2. The van der Waals surface area contributed by atoms with Crippen LogP contribution in [0.2, 0.25) is 0 Å². The molecule has 0 atom stereocenters. The molecule has 1 aromatic heterocycles. The van der Waals surface area contributed by atoms with Crippen molar-refractivity contribution in [2.24, 2.45) is 0 Å². The van der Waals surface area contributed by atoms with Gasteiger partial charge in [0.25, 0.3) is 0 Å². The number of unbranched alkanes of at least 4 members (excludes halogenated alkanes) is 3. The zero-order valence-corrected chi connectivity index (χ0v) is 19.0. The average molecular weight is 443 g/mol. The van der Waals surface area contributed by atoms with Gasteiger partial charge in [0.05, 0.1) is 20.3 Å². The molecular weight excluding hydrogens is 408 g/mol. The Balaban J connectivity index is 1.81. The van der Waals surface area contributed by atoms with Crippen molar-refractivity contribution in [2.75, 3.05) is 38.7 Å². The normalized spacial score (nSPS) is 10.3. The highest BCUT2D eigenvalue weighted by molar-refractivity contribution is 5.80. The molecule has 0 aliphatic heterocycles. The summed E-state index contributed by atoms with van der Waals surface area (Å²) in [6.45, 7) is 3.73. The number of methoxy groups -OCH3 is 1. The van der Waals surface area contributed by atoms with E-state index in [1.807, 2.05) is 42.5 Å². The largest absolute Gasteiger partial charge is 0.496 e. The van der Waals surface area contributed by atoms with E-state index < -0.39 is 5.97 Å². The topological polar surface area (TPSA) is 92.8 Å². The van der Waals surface area contributed by atoms with Gasteiger partial charge in [-0.3, -0.25) is 4.79 Å². The van der Waals surface area contributed by atoms with Crippen molar-refractivity contribution in [3.05, 3.63) is 54.2 Å². The molecule has 174 valence electrons. The first-order chi connectivity index (χ1) is 15.6. The lowest BCUT2D eigenvalue weighted by molar-refractivity contribution is -0.141. The first-order valence-corrected chi connectivity index (χ1v) is 11.1. The van der Waals surface area contributed by atoms with Crippen LogP contribution in [-0.4, -0.2) is 55.2 Å². The van der Waals surface area contributed by atoms with E-state index in [2.05, 4.69) is 15.6 Å². The Kier molecular flexibility index (Phi) is 11.4. The number of para-hydroxylation sites is 1. The fraction of sp³-hybridized carbons (Fsp3) is 0.458. The number of ether oxygens (including phenoxy) is 2. The van der Waals surface area contributed by atoms with Crippen LogP contribution < -0.4 is 15.4 Å². The molecule has 8 heteroatoms. The van der Waals surface area contributed by atoms with Crippen LogP contribution in [0.25, 0.3) is 0 Å². The predicted molar refractivity (Wildman–Crippen MR) is 125 cm³/mol. The van der Waals surface area contributed by atoms with Gasteiger partial charge < -0.3 is 25.0 Å². The second-order valence-corrected chi connectivity index (χ2v) is 7.25. The third kappa shape index (κ3) is 9.24. The molecule has 0 aliphatic rings. The van der Waals surface area contributed by atoms with E-state index in [1.165, 1.54) is 0 Å². The zero-order chi connectivity index (χ0) is 23.0. The third-order valence-electron chi connectivity index (χ3n) is 4.86. The minimum absolute atomic E-state index is 0.145. The van der Waals surface area contributed by atoms with Crippen LogP contribution in [0.3, 0.4) is 0 Å². The van der Waals surface area contributed by atoms with Gasteiger partial charge in [0.2, 0.25) is 0 Å². The van der Waals surface area contributed by atoms with Crippen molar-refractivity contribution in [1.82, 2.24) is 15.2 Å². The first-order valence-electron chi connectivity index (χ1n) is 11.1. The van der Waals surface area contributed by atoms with E-state index in [4.69, 9.17) is 9.47 Å². The van der Waals surface area contributed by atoms with Gasteiger partial charge in [-0.05, 0) is 38.0 Å². The molecule has 0 unspecified atom stereocenters. The third-order valence-corrected chi connectivity index (χ3v) is 4.86. The number of nitrogens with one attached hydrogen (secondary N) is 2. The van der Waals surface area contributed by atoms with Crippen LogP contribution in [0.1, 0.15) is 38.2 Å². The van der Waals surface area contributed by atoms with E-state index in [9.17, 15) is 9.59 Å². The number of carbonyl (C=O) groups excluding carboxylic acids is 2. The van der Waals surface area contributed by atoms with Crippen LogP contribution >= 0.6 is 0 Å². The maximum atomic E-state index is 12.7. The lowest BCUT2D eigenvalue weighted by atomic mass is 10.1. The number of carbonyl (C=O) groups is 2. The molecule has 1 heterocycles. The van der Waals surface area contributed by atoms with Gasteiger partial charge in [0.15, 0.2) is 0 Å². The van der Waals surface area contributed by atoms with E-state index in [0.29, 0.717) is 13.1 Å². The summed E-state index contributed by atoms with van der Waals surface area (Å²) in [7, 11) is 1.61. The number of anilines is 1. The highest BCUT2D eigenvalue weighted by Crippen LogP contribution is 2.19. The molecule has 0 fully saturated rings. The standard InChI is InChI=1S/C24H34N4O4/c1-3-32-23(29)18-27-24(30)28(19-20-12-6-7-13-21(20)31-2)17-11-5-4-9-15-25-22-14-8-10-16-26-22/h6-8,10,12-14,16H,3-5,9,11,15,17-19H2,1-2H3,(H,25,26)(H,27,30). The van der Waals surface area contributed by atoms with E-state index in [0.717, 1.165) is 49.4 Å². The number of aromatic nitrogens is 1. The quantitative estimate of drug-likeness (QED) is 0.341. The number of benzene rings is 1. The molecular formula is C24H34N4O4. The van der Waals surface area contributed by atoms with Crippen LogP contribution in [0, 0.1) is 0 Å². The molecule has 2 amide bonds. The Hall–Kier alpha value is -3.29. The zero-order valence-electron chi connectivity index (χ0n) is 19.0. The fourth-order valence-corrected chi connectivity index (χ4v) is 3.23. The predicted octanol–water partition coefficient (Wildman–Crippen LogP) is 3.84. The van der Waals surface area contributed by atoms with E-state index in [-0.39, 0.29) is 19.2 Å². The summed E-state index contributed by atoms with van der Waals surface area (Å²) >= 11 is 0. The van der Waals surface area contributed by atoms with E-state index >= 15 is 0 Å². The van der Waals surface area contributed by atoms with Crippen molar-refractivity contribution in [3.63, 3.8) is 0 Å². The van der Waals surface area contributed by atoms with Gasteiger partial charge in [0.1, 0.15) is 18.1 Å². The summed E-state index contributed by atoms with van der Waals surface area (Å²) in [5.74, 6) is 1.17. The maximum absolute atomic E-state index is 12.7. The summed E-state index contributed by atoms with van der Waals surface area (Å²) in [6, 6.07) is 13.1. The number of urea groups is 1. The lowest BCUT2D eigenvalue weighted by Crippen LogP contribution is -2.42. The minimum atomic E-state index is -0.446. The Bertz CT molecular complexity index is 817. The van der Waals surface area contributed by atoms with Crippen molar-refractivity contribution in [1.29, 1.82) is 0 Å². The highest BCUT2D eigenvalue weighted by Gasteiger charge is 2.17. The maximum Gasteiger partial charge on any atom is 0.325 e. The van der Waals surface area contributed by atoms with Crippen LogP contribution in [0.5, 0.6) is 5.75 Å². The Morgan fingerprint density at radius 2 is 1.81 bits per heavy atom. The van der Waals surface area contributed by atoms with Gasteiger partial charge in [-0.2, -0.15) is 0 Å². The van der Waals surface area contributed by atoms with Crippen LogP contribution in [0.4, 0.5) is 10.6 Å². The number of amides is 2. The molecule has 0 saturated carbocycles. The Labute approximate surface area is 190 Å². The summed E-state index contributed by atoms with van der Waals surface area (Å²) in [6.07, 6.45) is 5.71. The Morgan fingerprint density at radius 3 is 2.56 bits per heavy atom. The van der Waals surface area contributed by atoms with Gasteiger partial charge in [-0.25, -0.2) is 9.78 Å².